The number of imide groups is 1. The van der Waals surface area contributed by atoms with Gasteiger partial charge in [-0.15, -0.1) is 0 Å². The highest BCUT2D eigenvalue weighted by Crippen LogP contribution is 2.24. The van der Waals surface area contributed by atoms with Crippen molar-refractivity contribution in [1.29, 1.82) is 0 Å². The van der Waals surface area contributed by atoms with Gasteiger partial charge in [0.25, 0.3) is 11.8 Å². The predicted octanol–water partition coefficient (Wildman–Crippen LogP) is 2.59. The highest BCUT2D eigenvalue weighted by molar-refractivity contribution is 6.30. The number of benzene rings is 2. The van der Waals surface area contributed by atoms with Gasteiger partial charge in [-0.05, 0) is 36.8 Å². The molecular weight excluding hydrogens is 390 g/mol. The van der Waals surface area contributed by atoms with Crippen molar-refractivity contribution < 1.29 is 14.4 Å². The number of halogens is 1. The number of hydrogen-bond donors (Lipinski definition) is 0. The zero-order valence-electron chi connectivity index (χ0n) is 16.2. The molecule has 2 aliphatic rings. The van der Waals surface area contributed by atoms with Crippen molar-refractivity contribution >= 4 is 29.3 Å². The lowest BCUT2D eigenvalue weighted by molar-refractivity contribution is -0.133. The highest BCUT2D eigenvalue weighted by Gasteiger charge is 2.37. The first-order valence-corrected chi connectivity index (χ1v) is 10.0. The normalized spacial score (nSPS) is 17.0. The molecule has 2 aromatic carbocycles. The molecule has 0 N–H and O–H groups in total. The van der Waals surface area contributed by atoms with Crippen LogP contribution in [0.25, 0.3) is 0 Å². The molecule has 4 rings (SSSR count). The number of fused-ring (bicyclic) bond motifs is 1. The molecule has 2 heterocycles. The van der Waals surface area contributed by atoms with Gasteiger partial charge >= 0.3 is 0 Å². The molecule has 0 aromatic heterocycles. The number of amides is 3. The number of piperazine rings is 1. The maximum absolute atomic E-state index is 12.7. The first kappa shape index (κ1) is 19.6. The third kappa shape index (κ3) is 4.04. The lowest BCUT2D eigenvalue weighted by Crippen LogP contribution is -2.51. The molecule has 0 bridgehead atoms. The van der Waals surface area contributed by atoms with E-state index in [9.17, 15) is 14.4 Å². The summed E-state index contributed by atoms with van der Waals surface area (Å²) in [6.07, 6.45) is 0. The number of aryl methyl sites for hydroxylation is 1. The third-order valence-electron chi connectivity index (χ3n) is 5.46. The summed E-state index contributed by atoms with van der Waals surface area (Å²) in [5.41, 5.74) is 2.85. The fourth-order valence-electron chi connectivity index (χ4n) is 3.79. The van der Waals surface area contributed by atoms with E-state index in [1.165, 1.54) is 5.56 Å². The van der Waals surface area contributed by atoms with E-state index in [0.717, 1.165) is 30.1 Å². The van der Waals surface area contributed by atoms with Gasteiger partial charge < -0.3 is 4.90 Å². The van der Waals surface area contributed by atoms with Gasteiger partial charge in [0, 0.05) is 37.7 Å². The van der Waals surface area contributed by atoms with Crippen LogP contribution < -0.4 is 0 Å². The van der Waals surface area contributed by atoms with Crippen molar-refractivity contribution in [2.75, 3.05) is 32.7 Å². The minimum absolute atomic E-state index is 0.192. The molecule has 0 atom stereocenters. The van der Waals surface area contributed by atoms with Crippen molar-refractivity contribution in [3.05, 3.63) is 69.7 Å². The summed E-state index contributed by atoms with van der Waals surface area (Å²) in [6, 6.07) is 12.9. The maximum atomic E-state index is 12.7. The SMILES string of the molecule is Cc1ccc2c(c1)C(=O)N(CC(=O)N1CCN(Cc3ccc(Cl)cc3)CC1)C2=O. The quantitative estimate of drug-likeness (QED) is 0.725. The molecule has 6 nitrogen and oxygen atoms in total. The van der Waals surface area contributed by atoms with E-state index < -0.39 is 0 Å². The van der Waals surface area contributed by atoms with Crippen LogP contribution in [0.2, 0.25) is 5.02 Å². The minimum Gasteiger partial charge on any atom is -0.339 e. The molecular formula is C22H22ClN3O3. The lowest BCUT2D eigenvalue weighted by Gasteiger charge is -2.35. The molecule has 1 fully saturated rings. The molecule has 7 heteroatoms. The largest absolute Gasteiger partial charge is 0.339 e. The highest BCUT2D eigenvalue weighted by atomic mass is 35.5. The topological polar surface area (TPSA) is 60.9 Å². The Labute approximate surface area is 174 Å². The Bertz CT molecular complexity index is 966. The molecule has 3 amide bonds. The Hall–Kier alpha value is -2.70. The fraction of sp³-hybridized carbons (Fsp3) is 0.318. The second-order valence-corrected chi connectivity index (χ2v) is 7.97. The molecule has 29 heavy (non-hydrogen) atoms. The molecule has 2 aliphatic heterocycles. The second-order valence-electron chi connectivity index (χ2n) is 7.53. The van der Waals surface area contributed by atoms with Gasteiger partial charge in [0.1, 0.15) is 6.54 Å². The molecule has 150 valence electrons. The van der Waals surface area contributed by atoms with Crippen LogP contribution in [0.3, 0.4) is 0 Å². The fourth-order valence-corrected chi connectivity index (χ4v) is 3.91. The smallest absolute Gasteiger partial charge is 0.262 e. The Morgan fingerprint density at radius 2 is 1.59 bits per heavy atom. The number of nitrogens with zero attached hydrogens (tertiary/aromatic N) is 3. The van der Waals surface area contributed by atoms with Crippen LogP contribution in [0.1, 0.15) is 31.8 Å². The Morgan fingerprint density at radius 1 is 0.931 bits per heavy atom. The van der Waals surface area contributed by atoms with Gasteiger partial charge in [0.05, 0.1) is 11.1 Å². The van der Waals surface area contributed by atoms with Gasteiger partial charge in [-0.2, -0.15) is 0 Å². The minimum atomic E-state index is -0.389. The zero-order chi connectivity index (χ0) is 20.5. The van der Waals surface area contributed by atoms with E-state index in [1.807, 2.05) is 31.2 Å². The van der Waals surface area contributed by atoms with E-state index in [-0.39, 0.29) is 24.3 Å². The summed E-state index contributed by atoms with van der Waals surface area (Å²) in [6.45, 7) is 5.11. The predicted molar refractivity (Wildman–Crippen MR) is 110 cm³/mol. The van der Waals surface area contributed by atoms with E-state index in [4.69, 9.17) is 11.6 Å². The number of carbonyl (C=O) groups excluding carboxylic acids is 3. The average Bonchev–Trinajstić information content (AvgIpc) is 2.94. The summed E-state index contributed by atoms with van der Waals surface area (Å²) in [4.78, 5) is 42.9. The van der Waals surface area contributed by atoms with Crippen molar-refractivity contribution in [3.8, 4) is 0 Å². The standard InChI is InChI=1S/C22H22ClN3O3/c1-15-2-7-18-19(12-15)22(29)26(21(18)28)14-20(27)25-10-8-24(9-11-25)13-16-3-5-17(23)6-4-16/h2-7,12H,8-11,13-14H2,1H3. The van der Waals surface area contributed by atoms with Crippen LogP contribution >= 0.6 is 11.6 Å². The first-order valence-electron chi connectivity index (χ1n) is 9.64. The van der Waals surface area contributed by atoms with Crippen molar-refractivity contribution in [2.45, 2.75) is 13.5 Å². The van der Waals surface area contributed by atoms with Gasteiger partial charge in [0.15, 0.2) is 0 Å². The Balaban J connectivity index is 1.33. The van der Waals surface area contributed by atoms with Crippen LogP contribution in [-0.2, 0) is 11.3 Å². The lowest BCUT2D eigenvalue weighted by atomic mass is 10.1. The van der Waals surface area contributed by atoms with Crippen LogP contribution in [0, 0.1) is 6.92 Å². The number of hydrogen-bond acceptors (Lipinski definition) is 4. The van der Waals surface area contributed by atoms with Crippen molar-refractivity contribution in [1.82, 2.24) is 14.7 Å². The van der Waals surface area contributed by atoms with Gasteiger partial charge in [-0.1, -0.05) is 35.4 Å². The van der Waals surface area contributed by atoms with E-state index in [0.29, 0.717) is 29.2 Å². The molecule has 0 unspecified atom stereocenters. The van der Waals surface area contributed by atoms with Crippen molar-refractivity contribution in [2.24, 2.45) is 0 Å². The average molecular weight is 412 g/mol. The van der Waals surface area contributed by atoms with E-state index >= 15 is 0 Å². The Kier molecular flexibility index (Phi) is 5.39. The monoisotopic (exact) mass is 411 g/mol. The summed E-state index contributed by atoms with van der Waals surface area (Å²) in [5, 5.41) is 0.715. The van der Waals surface area contributed by atoms with Gasteiger partial charge in [0.2, 0.25) is 5.91 Å². The van der Waals surface area contributed by atoms with E-state index in [1.54, 1.807) is 23.1 Å². The van der Waals surface area contributed by atoms with Crippen LogP contribution in [0.15, 0.2) is 42.5 Å². The van der Waals surface area contributed by atoms with Crippen LogP contribution in [0.4, 0.5) is 0 Å². The van der Waals surface area contributed by atoms with Gasteiger partial charge in [-0.3, -0.25) is 24.2 Å². The summed E-state index contributed by atoms with van der Waals surface area (Å²) >= 11 is 5.93. The molecule has 0 spiro atoms. The molecule has 1 saturated heterocycles. The van der Waals surface area contributed by atoms with Crippen molar-refractivity contribution in [3.63, 3.8) is 0 Å². The zero-order valence-corrected chi connectivity index (χ0v) is 17.0. The number of carbonyl (C=O) groups is 3. The second kappa shape index (κ2) is 7.97. The number of rotatable bonds is 4. The molecule has 0 saturated carbocycles. The molecule has 2 aromatic rings. The first-order chi connectivity index (χ1) is 13.9. The summed E-state index contributed by atoms with van der Waals surface area (Å²) in [7, 11) is 0. The third-order valence-corrected chi connectivity index (χ3v) is 5.72. The molecule has 0 radical (unpaired) electrons. The van der Waals surface area contributed by atoms with E-state index in [2.05, 4.69) is 4.90 Å². The summed E-state index contributed by atoms with van der Waals surface area (Å²) in [5.74, 6) is -0.967. The Morgan fingerprint density at radius 3 is 2.28 bits per heavy atom. The van der Waals surface area contributed by atoms with Crippen LogP contribution in [0.5, 0.6) is 0 Å². The van der Waals surface area contributed by atoms with Crippen LogP contribution in [-0.4, -0.2) is 65.1 Å². The summed E-state index contributed by atoms with van der Waals surface area (Å²) < 4.78 is 0. The van der Waals surface area contributed by atoms with Gasteiger partial charge in [-0.25, -0.2) is 0 Å². The molecule has 0 aliphatic carbocycles. The maximum Gasteiger partial charge on any atom is 0.262 e.